The minimum atomic E-state index is -1.50. The van der Waals surface area contributed by atoms with Crippen LogP contribution in [-0.4, -0.2) is 49.1 Å². The van der Waals surface area contributed by atoms with E-state index in [-0.39, 0.29) is 24.2 Å². The Kier molecular flexibility index (Phi) is 5.51. The molecule has 1 aliphatic rings. The second kappa shape index (κ2) is 7.21. The zero-order valence-corrected chi connectivity index (χ0v) is 13.6. The van der Waals surface area contributed by atoms with E-state index in [2.05, 4.69) is 10.2 Å². The lowest BCUT2D eigenvalue weighted by Gasteiger charge is -2.22. The van der Waals surface area contributed by atoms with Crippen molar-refractivity contribution in [3.63, 3.8) is 0 Å². The van der Waals surface area contributed by atoms with Crippen molar-refractivity contribution in [2.45, 2.75) is 37.9 Å². The lowest BCUT2D eigenvalue weighted by Crippen LogP contribution is -2.42. The van der Waals surface area contributed by atoms with E-state index in [9.17, 15) is 18.0 Å². The molecule has 0 heterocycles. The maximum atomic E-state index is 13.2. The van der Waals surface area contributed by atoms with E-state index in [1.165, 1.54) is 11.9 Å². The molecule has 1 aliphatic carbocycles. The van der Waals surface area contributed by atoms with Gasteiger partial charge in [0, 0.05) is 25.7 Å². The van der Waals surface area contributed by atoms with Gasteiger partial charge < -0.3 is 15.1 Å². The molecule has 0 spiro atoms. The SMILES string of the molecule is CN(Cc1cc(F)c(F)c(F)c1)C(=O)N[C@@H]1CC[C@@H](N(C)C)C1. The molecule has 0 unspecified atom stereocenters. The van der Waals surface area contributed by atoms with Crippen molar-refractivity contribution in [3.8, 4) is 0 Å². The monoisotopic (exact) mass is 329 g/mol. The number of benzene rings is 1. The second-order valence-electron chi connectivity index (χ2n) is 6.31. The van der Waals surface area contributed by atoms with E-state index < -0.39 is 17.5 Å². The molecular formula is C16H22F3N3O. The molecule has 2 amide bonds. The molecule has 0 saturated heterocycles. The van der Waals surface area contributed by atoms with Crippen LogP contribution in [-0.2, 0) is 6.54 Å². The van der Waals surface area contributed by atoms with Gasteiger partial charge in [0.2, 0.25) is 0 Å². The first-order valence-electron chi connectivity index (χ1n) is 7.59. The van der Waals surface area contributed by atoms with Crippen molar-refractivity contribution in [2.75, 3.05) is 21.1 Å². The molecule has 23 heavy (non-hydrogen) atoms. The highest BCUT2D eigenvalue weighted by atomic mass is 19.2. The van der Waals surface area contributed by atoms with Crippen molar-refractivity contribution in [2.24, 2.45) is 0 Å². The largest absolute Gasteiger partial charge is 0.335 e. The fourth-order valence-electron chi connectivity index (χ4n) is 2.89. The standard InChI is InChI=1S/C16H22F3N3O/c1-21(2)12-5-4-11(8-12)20-16(23)22(3)9-10-6-13(17)15(19)14(18)7-10/h6-7,11-12H,4-5,8-9H2,1-3H3,(H,20,23)/t11-,12-/m1/s1. The van der Waals surface area contributed by atoms with Crippen molar-refractivity contribution in [3.05, 3.63) is 35.1 Å². The van der Waals surface area contributed by atoms with Crippen molar-refractivity contribution in [1.29, 1.82) is 0 Å². The fraction of sp³-hybridized carbons (Fsp3) is 0.562. The summed E-state index contributed by atoms with van der Waals surface area (Å²) < 4.78 is 39.3. The summed E-state index contributed by atoms with van der Waals surface area (Å²) in [5.74, 6) is -4.00. The molecule has 1 saturated carbocycles. The third kappa shape index (κ3) is 4.37. The van der Waals surface area contributed by atoms with Gasteiger partial charge >= 0.3 is 6.03 Å². The molecule has 2 atom stereocenters. The van der Waals surface area contributed by atoms with Gasteiger partial charge in [0.1, 0.15) is 0 Å². The van der Waals surface area contributed by atoms with Gasteiger partial charge in [-0.05, 0) is 51.1 Å². The highest BCUT2D eigenvalue weighted by Crippen LogP contribution is 2.22. The van der Waals surface area contributed by atoms with Crippen LogP contribution in [0.1, 0.15) is 24.8 Å². The van der Waals surface area contributed by atoms with Gasteiger partial charge in [0.25, 0.3) is 0 Å². The summed E-state index contributed by atoms with van der Waals surface area (Å²) in [4.78, 5) is 15.6. The Morgan fingerprint density at radius 2 is 1.78 bits per heavy atom. The third-order valence-corrected chi connectivity index (χ3v) is 4.27. The van der Waals surface area contributed by atoms with Crippen molar-refractivity contribution < 1.29 is 18.0 Å². The van der Waals surface area contributed by atoms with Crippen LogP contribution >= 0.6 is 0 Å². The summed E-state index contributed by atoms with van der Waals surface area (Å²) in [5.41, 5.74) is 0.205. The van der Waals surface area contributed by atoms with Gasteiger partial charge in [-0.15, -0.1) is 0 Å². The molecule has 4 nitrogen and oxygen atoms in total. The van der Waals surface area contributed by atoms with Gasteiger partial charge in [-0.3, -0.25) is 0 Å². The molecule has 1 N–H and O–H groups in total. The van der Waals surface area contributed by atoms with Crippen LogP contribution < -0.4 is 5.32 Å². The first-order valence-corrected chi connectivity index (χ1v) is 7.59. The van der Waals surface area contributed by atoms with Crippen LogP contribution in [0.5, 0.6) is 0 Å². The molecular weight excluding hydrogens is 307 g/mol. The molecule has 1 aromatic rings. The Bertz CT molecular complexity index is 557. The molecule has 1 fully saturated rings. The summed E-state index contributed by atoms with van der Waals surface area (Å²) in [7, 11) is 5.56. The number of nitrogens with zero attached hydrogens (tertiary/aromatic N) is 2. The number of rotatable bonds is 4. The predicted octanol–water partition coefficient (Wildman–Crippen LogP) is 2.73. The number of carbonyl (C=O) groups excluding carboxylic acids is 1. The second-order valence-corrected chi connectivity index (χ2v) is 6.31. The summed E-state index contributed by atoms with van der Waals surface area (Å²) in [6, 6.07) is 2.05. The van der Waals surface area contributed by atoms with E-state index in [4.69, 9.17) is 0 Å². The number of hydrogen-bond acceptors (Lipinski definition) is 2. The maximum absolute atomic E-state index is 13.2. The highest BCUT2D eigenvalue weighted by Gasteiger charge is 2.27. The van der Waals surface area contributed by atoms with E-state index in [0.29, 0.717) is 6.04 Å². The lowest BCUT2D eigenvalue weighted by molar-refractivity contribution is 0.201. The van der Waals surface area contributed by atoms with E-state index >= 15 is 0 Å². The Labute approximate surface area is 134 Å². The Morgan fingerprint density at radius 3 is 2.30 bits per heavy atom. The Balaban J connectivity index is 1.91. The van der Waals surface area contributed by atoms with E-state index in [0.717, 1.165) is 31.4 Å². The molecule has 0 aromatic heterocycles. The van der Waals surface area contributed by atoms with Crippen molar-refractivity contribution in [1.82, 2.24) is 15.1 Å². The van der Waals surface area contributed by atoms with E-state index in [1.54, 1.807) is 0 Å². The molecule has 2 rings (SSSR count). The summed E-state index contributed by atoms with van der Waals surface area (Å²) in [6.07, 6.45) is 2.81. The molecule has 7 heteroatoms. The van der Waals surface area contributed by atoms with Crippen LogP contribution in [0.25, 0.3) is 0 Å². The first-order chi connectivity index (χ1) is 10.8. The molecule has 0 bridgehead atoms. The van der Waals surface area contributed by atoms with Crippen molar-refractivity contribution >= 4 is 6.03 Å². The number of halogens is 3. The minimum Gasteiger partial charge on any atom is -0.335 e. The number of hydrogen-bond donors (Lipinski definition) is 1. The van der Waals surface area contributed by atoms with Gasteiger partial charge in [0.15, 0.2) is 17.5 Å². The number of amides is 2. The van der Waals surface area contributed by atoms with Crippen LogP contribution in [0.15, 0.2) is 12.1 Å². The quantitative estimate of drug-likeness (QED) is 0.862. The predicted molar refractivity (Wildman–Crippen MR) is 81.4 cm³/mol. The summed E-state index contributed by atoms with van der Waals surface area (Å²) in [5, 5.41) is 2.92. The maximum Gasteiger partial charge on any atom is 0.317 e. The zero-order valence-electron chi connectivity index (χ0n) is 13.6. The van der Waals surface area contributed by atoms with Gasteiger partial charge in [-0.25, -0.2) is 18.0 Å². The van der Waals surface area contributed by atoms with E-state index in [1.807, 2.05) is 14.1 Å². The Hall–Kier alpha value is -1.76. The molecule has 128 valence electrons. The normalized spacial score (nSPS) is 20.8. The average Bonchev–Trinajstić information content (AvgIpc) is 2.93. The average molecular weight is 329 g/mol. The number of urea groups is 1. The van der Waals surface area contributed by atoms with Gasteiger partial charge in [-0.1, -0.05) is 0 Å². The fourth-order valence-corrected chi connectivity index (χ4v) is 2.89. The summed E-state index contributed by atoms with van der Waals surface area (Å²) >= 11 is 0. The highest BCUT2D eigenvalue weighted by molar-refractivity contribution is 5.74. The number of carbonyl (C=O) groups is 1. The van der Waals surface area contributed by atoms with Crippen LogP contribution in [0, 0.1) is 17.5 Å². The zero-order chi connectivity index (χ0) is 17.1. The minimum absolute atomic E-state index is 0.00375. The smallest absolute Gasteiger partial charge is 0.317 e. The lowest BCUT2D eigenvalue weighted by atomic mass is 10.2. The van der Waals surface area contributed by atoms with Crippen LogP contribution in [0.2, 0.25) is 0 Å². The summed E-state index contributed by atoms with van der Waals surface area (Å²) in [6.45, 7) is 0.00375. The molecule has 1 aromatic carbocycles. The van der Waals surface area contributed by atoms with Gasteiger partial charge in [-0.2, -0.15) is 0 Å². The topological polar surface area (TPSA) is 35.6 Å². The first kappa shape index (κ1) is 17.6. The number of nitrogens with one attached hydrogen (secondary N) is 1. The van der Waals surface area contributed by atoms with Crippen LogP contribution in [0.4, 0.5) is 18.0 Å². The Morgan fingerprint density at radius 1 is 1.17 bits per heavy atom. The van der Waals surface area contributed by atoms with Crippen LogP contribution in [0.3, 0.4) is 0 Å². The molecule has 0 radical (unpaired) electrons. The van der Waals surface area contributed by atoms with Gasteiger partial charge in [0.05, 0.1) is 0 Å². The molecule has 0 aliphatic heterocycles. The third-order valence-electron chi connectivity index (χ3n) is 4.27.